The van der Waals surface area contributed by atoms with E-state index in [1.54, 1.807) is 0 Å². The van der Waals surface area contributed by atoms with E-state index in [2.05, 4.69) is 9.73 Å². The third-order valence-electron chi connectivity index (χ3n) is 3.16. The minimum Gasteiger partial charge on any atom is -0.406 e. The molecule has 0 fully saturated rings. The molecule has 1 aromatic carbocycles. The molecule has 0 aliphatic carbocycles. The van der Waals surface area contributed by atoms with Gasteiger partial charge in [0.2, 0.25) is 0 Å². The molecule has 2 N–H and O–H groups in total. The number of anilines is 1. The molecule has 0 aliphatic rings. The molecule has 128 valence electrons. The summed E-state index contributed by atoms with van der Waals surface area (Å²) in [7, 11) is 2.70. The molecular formula is C14H13F3N4O3. The topological polar surface area (TPSA) is 91.6 Å². The summed E-state index contributed by atoms with van der Waals surface area (Å²) in [6.45, 7) is 0. The van der Waals surface area contributed by atoms with E-state index in [0.717, 1.165) is 27.5 Å². The molecule has 24 heavy (non-hydrogen) atoms. The molecule has 7 nitrogen and oxygen atoms in total. The number of hydrogen-bond donors (Lipinski definition) is 1. The standard InChI is InChI=1S/C14H13F3N4O3/c1-20-11(18)10(12(22)21(2)13(20)23)7-19-8-3-5-9(6-4-8)24-14(15,16)17/h3-7H,18H2,1-2H3. The SMILES string of the molecule is Cn1c(N)c(C=Nc2ccc(OC(F)(F)F)cc2)c(=O)n(C)c1=O. The molecule has 2 rings (SSSR count). The number of halogens is 3. The Bertz CT molecular complexity index is 896. The van der Waals surface area contributed by atoms with E-state index in [4.69, 9.17) is 5.73 Å². The Labute approximate surface area is 133 Å². The molecule has 1 aromatic heterocycles. The Kier molecular flexibility index (Phi) is 4.49. The Morgan fingerprint density at radius 1 is 1.12 bits per heavy atom. The maximum absolute atomic E-state index is 12.1. The van der Waals surface area contributed by atoms with Crippen molar-refractivity contribution in [2.45, 2.75) is 6.36 Å². The quantitative estimate of drug-likeness (QED) is 0.852. The monoisotopic (exact) mass is 342 g/mol. The molecule has 0 unspecified atom stereocenters. The van der Waals surface area contributed by atoms with Crippen LogP contribution in [0.25, 0.3) is 0 Å². The second-order valence-corrected chi connectivity index (χ2v) is 4.80. The zero-order valence-corrected chi connectivity index (χ0v) is 12.7. The van der Waals surface area contributed by atoms with Crippen molar-refractivity contribution in [1.82, 2.24) is 9.13 Å². The van der Waals surface area contributed by atoms with Gasteiger partial charge in [0.25, 0.3) is 5.56 Å². The van der Waals surface area contributed by atoms with Crippen LogP contribution in [-0.4, -0.2) is 21.7 Å². The van der Waals surface area contributed by atoms with Crippen LogP contribution in [-0.2, 0) is 14.1 Å². The molecule has 2 aromatic rings. The normalized spacial score (nSPS) is 11.9. The van der Waals surface area contributed by atoms with Gasteiger partial charge in [0.05, 0.1) is 11.3 Å². The van der Waals surface area contributed by atoms with E-state index >= 15 is 0 Å². The first kappa shape index (κ1) is 17.3. The van der Waals surface area contributed by atoms with Gasteiger partial charge in [-0.15, -0.1) is 13.2 Å². The molecule has 0 radical (unpaired) electrons. The summed E-state index contributed by atoms with van der Waals surface area (Å²) in [5.74, 6) is -0.456. The number of nitrogen functional groups attached to an aromatic ring is 1. The first-order chi connectivity index (χ1) is 11.1. The van der Waals surface area contributed by atoms with Crippen LogP contribution in [0.5, 0.6) is 5.75 Å². The number of benzene rings is 1. The number of alkyl halides is 3. The highest BCUT2D eigenvalue weighted by molar-refractivity contribution is 5.86. The summed E-state index contributed by atoms with van der Waals surface area (Å²) in [6, 6.07) is 4.73. The summed E-state index contributed by atoms with van der Waals surface area (Å²) in [6.07, 6.45) is -3.63. The Hall–Kier alpha value is -3.04. The van der Waals surface area contributed by atoms with Gasteiger partial charge in [0.1, 0.15) is 11.6 Å². The Morgan fingerprint density at radius 2 is 1.71 bits per heavy atom. The van der Waals surface area contributed by atoms with Gasteiger partial charge < -0.3 is 10.5 Å². The number of nitrogens with two attached hydrogens (primary N) is 1. The van der Waals surface area contributed by atoms with Gasteiger partial charge >= 0.3 is 12.1 Å². The van der Waals surface area contributed by atoms with Crippen molar-refractivity contribution in [2.75, 3.05) is 5.73 Å². The van der Waals surface area contributed by atoms with Gasteiger partial charge in [0, 0.05) is 20.3 Å². The summed E-state index contributed by atoms with van der Waals surface area (Å²) in [4.78, 5) is 27.7. The average molecular weight is 342 g/mol. The van der Waals surface area contributed by atoms with Gasteiger partial charge in [0.15, 0.2) is 0 Å². The van der Waals surface area contributed by atoms with E-state index in [0.29, 0.717) is 0 Å². The van der Waals surface area contributed by atoms with E-state index in [-0.39, 0.29) is 22.8 Å². The van der Waals surface area contributed by atoms with Gasteiger partial charge in [-0.3, -0.25) is 18.9 Å². The maximum atomic E-state index is 12.1. The van der Waals surface area contributed by atoms with Gasteiger partial charge in [-0.1, -0.05) is 0 Å². The van der Waals surface area contributed by atoms with Crippen molar-refractivity contribution in [3.05, 3.63) is 50.7 Å². The largest absolute Gasteiger partial charge is 0.573 e. The number of hydrogen-bond acceptors (Lipinski definition) is 5. The first-order valence-corrected chi connectivity index (χ1v) is 6.55. The zero-order valence-electron chi connectivity index (χ0n) is 12.7. The lowest BCUT2D eigenvalue weighted by atomic mass is 10.3. The van der Waals surface area contributed by atoms with Gasteiger partial charge in [-0.2, -0.15) is 0 Å². The summed E-state index contributed by atoms with van der Waals surface area (Å²) >= 11 is 0. The van der Waals surface area contributed by atoms with E-state index < -0.39 is 17.6 Å². The van der Waals surface area contributed by atoms with Crippen molar-refractivity contribution >= 4 is 17.7 Å². The summed E-state index contributed by atoms with van der Waals surface area (Å²) < 4.78 is 41.9. The second-order valence-electron chi connectivity index (χ2n) is 4.80. The lowest BCUT2D eigenvalue weighted by Crippen LogP contribution is -2.40. The lowest BCUT2D eigenvalue weighted by molar-refractivity contribution is -0.274. The summed E-state index contributed by atoms with van der Waals surface area (Å²) in [5.41, 5.74) is 4.79. The summed E-state index contributed by atoms with van der Waals surface area (Å²) in [5, 5.41) is 0. The van der Waals surface area contributed by atoms with Crippen molar-refractivity contribution < 1.29 is 17.9 Å². The van der Waals surface area contributed by atoms with Crippen LogP contribution in [0.1, 0.15) is 5.56 Å². The molecule has 0 bridgehead atoms. The van der Waals surface area contributed by atoms with Gasteiger partial charge in [-0.05, 0) is 24.3 Å². The van der Waals surface area contributed by atoms with E-state index in [9.17, 15) is 22.8 Å². The molecule has 0 amide bonds. The fraction of sp³-hybridized carbons (Fsp3) is 0.214. The smallest absolute Gasteiger partial charge is 0.406 e. The lowest BCUT2D eigenvalue weighted by Gasteiger charge is -2.09. The van der Waals surface area contributed by atoms with Crippen LogP contribution in [0.3, 0.4) is 0 Å². The van der Waals surface area contributed by atoms with Crippen LogP contribution in [0.15, 0.2) is 38.8 Å². The molecule has 10 heteroatoms. The molecule has 0 saturated heterocycles. The Morgan fingerprint density at radius 3 is 2.25 bits per heavy atom. The molecule has 0 spiro atoms. The minimum atomic E-state index is -4.78. The fourth-order valence-electron chi connectivity index (χ4n) is 1.88. The van der Waals surface area contributed by atoms with Crippen molar-refractivity contribution in [3.8, 4) is 5.75 Å². The molecular weight excluding hydrogens is 329 g/mol. The minimum absolute atomic E-state index is 0.00443. The average Bonchev–Trinajstić information content (AvgIpc) is 2.51. The van der Waals surface area contributed by atoms with E-state index in [1.165, 1.54) is 26.2 Å². The predicted molar refractivity (Wildman–Crippen MR) is 81.7 cm³/mol. The van der Waals surface area contributed by atoms with Crippen LogP contribution >= 0.6 is 0 Å². The highest BCUT2D eigenvalue weighted by Crippen LogP contribution is 2.24. The number of ether oxygens (including phenoxy) is 1. The van der Waals surface area contributed by atoms with Gasteiger partial charge in [-0.25, -0.2) is 4.79 Å². The van der Waals surface area contributed by atoms with Crippen LogP contribution in [0.2, 0.25) is 0 Å². The van der Waals surface area contributed by atoms with Crippen LogP contribution in [0, 0.1) is 0 Å². The van der Waals surface area contributed by atoms with Crippen molar-refractivity contribution in [1.29, 1.82) is 0 Å². The third-order valence-corrected chi connectivity index (χ3v) is 3.16. The fourth-order valence-corrected chi connectivity index (χ4v) is 1.88. The number of aliphatic imine (C=N–C) groups is 1. The third kappa shape index (κ3) is 3.65. The highest BCUT2D eigenvalue weighted by atomic mass is 19.4. The maximum Gasteiger partial charge on any atom is 0.573 e. The molecule has 0 atom stereocenters. The van der Waals surface area contributed by atoms with Crippen LogP contribution < -0.4 is 21.7 Å². The van der Waals surface area contributed by atoms with Crippen LogP contribution in [0.4, 0.5) is 24.7 Å². The molecule has 1 heterocycles. The predicted octanol–water partition coefficient (Wildman–Crippen LogP) is 1.32. The number of aromatic nitrogens is 2. The first-order valence-electron chi connectivity index (χ1n) is 6.55. The molecule has 0 saturated carbocycles. The highest BCUT2D eigenvalue weighted by Gasteiger charge is 2.30. The number of nitrogens with zero attached hydrogens (tertiary/aromatic N) is 3. The van der Waals surface area contributed by atoms with Crippen molar-refractivity contribution in [3.63, 3.8) is 0 Å². The second kappa shape index (κ2) is 6.22. The zero-order chi connectivity index (χ0) is 18.1. The van der Waals surface area contributed by atoms with Crippen molar-refractivity contribution in [2.24, 2.45) is 19.1 Å². The molecule has 0 aliphatic heterocycles. The number of rotatable bonds is 3. The van der Waals surface area contributed by atoms with E-state index in [1.807, 2.05) is 0 Å². The Balaban J connectivity index is 2.33.